The lowest BCUT2D eigenvalue weighted by molar-refractivity contribution is 0.290. The van der Waals surface area contributed by atoms with Crippen molar-refractivity contribution in [3.05, 3.63) is 58.1 Å². The lowest BCUT2D eigenvalue weighted by atomic mass is 10.1. The van der Waals surface area contributed by atoms with Gasteiger partial charge >= 0.3 is 0 Å². The first-order chi connectivity index (χ1) is 16.3. The molecule has 0 spiro atoms. The number of hydrogen-bond acceptors (Lipinski definition) is 9. The molecule has 0 bridgehead atoms. The average molecular weight is 518 g/mol. The van der Waals surface area contributed by atoms with Gasteiger partial charge in [0, 0.05) is 12.1 Å². The number of sulfonamides is 1. The summed E-state index contributed by atoms with van der Waals surface area (Å²) in [5.41, 5.74) is 4.19. The third-order valence-corrected chi connectivity index (χ3v) is 7.99. The van der Waals surface area contributed by atoms with Crippen LogP contribution in [-0.2, 0) is 16.6 Å². The molecule has 12 heteroatoms. The number of ether oxygens (including phenoxy) is 2. The smallest absolute Gasteiger partial charge is 0.263 e. The number of likely N-dealkylation sites (N-methyl/N-ethyl adjacent to an activating group) is 1. The zero-order valence-corrected chi connectivity index (χ0v) is 20.7. The number of anilines is 2. The van der Waals surface area contributed by atoms with Gasteiger partial charge in [-0.15, -0.1) is 11.3 Å². The normalized spacial score (nSPS) is 13.4. The average Bonchev–Trinajstić information content (AvgIpc) is 3.26. The first kappa shape index (κ1) is 22.6. The molecule has 0 saturated heterocycles. The van der Waals surface area contributed by atoms with Crippen LogP contribution in [0.2, 0.25) is 5.02 Å². The Hall–Kier alpha value is -3.15. The zero-order valence-electron chi connectivity index (χ0n) is 18.3. The molecule has 0 amide bonds. The van der Waals surface area contributed by atoms with Gasteiger partial charge in [0.1, 0.15) is 19.0 Å². The molecule has 9 nitrogen and oxygen atoms in total. The quantitative estimate of drug-likeness (QED) is 0.404. The molecule has 0 fully saturated rings. The van der Waals surface area contributed by atoms with Crippen molar-refractivity contribution in [2.24, 2.45) is 0 Å². The van der Waals surface area contributed by atoms with Crippen molar-refractivity contribution >= 4 is 54.9 Å². The summed E-state index contributed by atoms with van der Waals surface area (Å²) in [6.45, 7) is 3.21. The second-order valence-electron chi connectivity index (χ2n) is 7.69. The van der Waals surface area contributed by atoms with E-state index in [-0.39, 0.29) is 23.2 Å². The number of nitrogens with zero attached hydrogens (tertiary/aromatic N) is 4. The maximum Gasteiger partial charge on any atom is 0.263 e. The van der Waals surface area contributed by atoms with E-state index in [1.165, 1.54) is 17.4 Å². The van der Waals surface area contributed by atoms with Crippen molar-refractivity contribution in [3.8, 4) is 11.6 Å². The van der Waals surface area contributed by atoms with Crippen LogP contribution in [0.25, 0.3) is 10.5 Å². The van der Waals surface area contributed by atoms with Crippen LogP contribution in [0.15, 0.2) is 46.8 Å². The summed E-state index contributed by atoms with van der Waals surface area (Å²) in [4.78, 5) is 15.6. The van der Waals surface area contributed by atoms with Gasteiger partial charge in [-0.05, 0) is 42.3 Å². The third-order valence-electron chi connectivity index (χ3n) is 5.39. The van der Waals surface area contributed by atoms with Crippen LogP contribution in [0.4, 0.5) is 11.5 Å². The molecule has 176 valence electrons. The number of halogens is 1. The summed E-state index contributed by atoms with van der Waals surface area (Å²) in [6, 6.07) is 10.5. The Labute approximate surface area is 205 Å². The minimum absolute atomic E-state index is 0.0436. The van der Waals surface area contributed by atoms with Crippen LogP contribution >= 0.6 is 22.9 Å². The van der Waals surface area contributed by atoms with E-state index in [4.69, 9.17) is 21.1 Å². The van der Waals surface area contributed by atoms with E-state index in [9.17, 15) is 8.42 Å². The van der Waals surface area contributed by atoms with E-state index < -0.39 is 10.0 Å². The van der Waals surface area contributed by atoms with E-state index in [1.54, 1.807) is 24.6 Å². The SMILES string of the molecule is Cc1c(Cl)cccc1S(=O)(=O)Nc1nc2ncsc2nc1OCc1ccc2c(c1)OCCN2C. The fraction of sp³-hybridized carbons (Fsp3) is 0.227. The highest BCUT2D eigenvalue weighted by atomic mass is 35.5. The van der Waals surface area contributed by atoms with Crippen LogP contribution in [0.3, 0.4) is 0 Å². The standard InChI is InChI=1S/C22H20ClN5O4S2/c1-13-15(23)4-3-5-18(13)34(29,30)27-19-21(26-22-20(25-19)24-12-33-22)32-11-14-6-7-16-17(10-14)31-9-8-28(16)2/h3-7,10,12H,8-9,11H2,1-2H3,(H,25,27). The zero-order chi connectivity index (χ0) is 23.9. The van der Waals surface area contributed by atoms with Crippen molar-refractivity contribution in [3.63, 3.8) is 0 Å². The highest BCUT2D eigenvalue weighted by Gasteiger charge is 2.23. The summed E-state index contributed by atoms with van der Waals surface area (Å²) in [5, 5.41) is 0.348. The van der Waals surface area contributed by atoms with E-state index in [1.807, 2.05) is 25.2 Å². The van der Waals surface area contributed by atoms with Gasteiger partial charge in [0.15, 0.2) is 10.5 Å². The molecule has 0 unspecified atom stereocenters. The van der Waals surface area contributed by atoms with Gasteiger partial charge in [0.2, 0.25) is 5.82 Å². The molecule has 2 aromatic carbocycles. The van der Waals surface area contributed by atoms with Gasteiger partial charge in [0.25, 0.3) is 15.9 Å². The molecule has 3 heterocycles. The number of thiazole rings is 1. The molecule has 2 aromatic heterocycles. The molecule has 1 aliphatic rings. The van der Waals surface area contributed by atoms with E-state index >= 15 is 0 Å². The van der Waals surface area contributed by atoms with Crippen LogP contribution in [-0.4, -0.2) is 43.6 Å². The van der Waals surface area contributed by atoms with Crippen molar-refractivity contribution in [2.45, 2.75) is 18.4 Å². The van der Waals surface area contributed by atoms with Crippen LogP contribution < -0.4 is 19.1 Å². The fourth-order valence-corrected chi connectivity index (χ4v) is 5.65. The predicted octanol–water partition coefficient (Wildman–Crippen LogP) is 4.26. The maximum atomic E-state index is 13.1. The molecule has 0 aliphatic carbocycles. The molecular weight excluding hydrogens is 498 g/mol. The molecule has 0 atom stereocenters. The fourth-order valence-electron chi connectivity index (χ4n) is 3.56. The highest BCUT2D eigenvalue weighted by molar-refractivity contribution is 7.92. The summed E-state index contributed by atoms with van der Waals surface area (Å²) < 4.78 is 40.5. The molecular formula is C22H20ClN5O4S2. The van der Waals surface area contributed by atoms with Crippen LogP contribution in [0, 0.1) is 6.92 Å². The molecule has 0 radical (unpaired) electrons. The number of fused-ring (bicyclic) bond motifs is 2. The second-order valence-corrected chi connectivity index (χ2v) is 10.6. The lowest BCUT2D eigenvalue weighted by Gasteiger charge is -2.27. The minimum atomic E-state index is -4.01. The van der Waals surface area contributed by atoms with Crippen molar-refractivity contribution in [1.82, 2.24) is 15.0 Å². The van der Waals surface area contributed by atoms with Gasteiger partial charge in [-0.3, -0.25) is 4.72 Å². The molecule has 1 N–H and O–H groups in total. The molecule has 4 aromatic rings. The first-order valence-electron chi connectivity index (χ1n) is 10.3. The Morgan fingerprint density at radius 3 is 2.97 bits per heavy atom. The Balaban J connectivity index is 1.45. The number of rotatable bonds is 6. The third kappa shape index (κ3) is 4.33. The maximum absolute atomic E-state index is 13.1. The van der Waals surface area contributed by atoms with Crippen molar-refractivity contribution in [2.75, 3.05) is 29.8 Å². The monoisotopic (exact) mass is 517 g/mol. The molecule has 34 heavy (non-hydrogen) atoms. The first-order valence-corrected chi connectivity index (χ1v) is 13.0. The van der Waals surface area contributed by atoms with E-state index in [2.05, 4.69) is 24.6 Å². The predicted molar refractivity (Wildman–Crippen MR) is 132 cm³/mol. The van der Waals surface area contributed by atoms with E-state index in [0.717, 1.165) is 23.5 Å². The summed E-state index contributed by atoms with van der Waals surface area (Å²) in [7, 11) is -2.00. The molecule has 0 saturated carbocycles. The second kappa shape index (κ2) is 8.90. The van der Waals surface area contributed by atoms with Crippen molar-refractivity contribution < 1.29 is 17.9 Å². The number of hydrogen-bond donors (Lipinski definition) is 1. The van der Waals surface area contributed by atoms with Crippen molar-refractivity contribution in [1.29, 1.82) is 0 Å². The van der Waals surface area contributed by atoms with Crippen LogP contribution in [0.1, 0.15) is 11.1 Å². The largest absolute Gasteiger partial charge is 0.490 e. The summed E-state index contributed by atoms with van der Waals surface area (Å²) in [6.07, 6.45) is 0. The van der Waals surface area contributed by atoms with Crippen LogP contribution in [0.5, 0.6) is 11.6 Å². The van der Waals surface area contributed by atoms with Gasteiger partial charge in [-0.1, -0.05) is 23.7 Å². The number of benzene rings is 2. The van der Waals surface area contributed by atoms with Gasteiger partial charge in [-0.25, -0.2) is 18.4 Å². The topological polar surface area (TPSA) is 107 Å². The number of aromatic nitrogens is 3. The van der Waals surface area contributed by atoms with E-state index in [0.29, 0.717) is 27.7 Å². The summed E-state index contributed by atoms with van der Waals surface area (Å²) >= 11 is 7.41. The van der Waals surface area contributed by atoms with Gasteiger partial charge in [0.05, 0.1) is 22.6 Å². The Morgan fingerprint density at radius 2 is 2.12 bits per heavy atom. The Bertz CT molecular complexity index is 1490. The Morgan fingerprint density at radius 1 is 1.26 bits per heavy atom. The lowest BCUT2D eigenvalue weighted by Crippen LogP contribution is -2.28. The Kier molecular flexibility index (Phi) is 5.92. The van der Waals surface area contributed by atoms with Gasteiger partial charge < -0.3 is 14.4 Å². The molecule has 1 aliphatic heterocycles. The van der Waals surface area contributed by atoms with Gasteiger partial charge in [-0.2, -0.15) is 4.98 Å². The molecule has 5 rings (SSSR count). The number of nitrogens with one attached hydrogen (secondary N) is 1. The minimum Gasteiger partial charge on any atom is -0.490 e. The summed E-state index contributed by atoms with van der Waals surface area (Å²) in [5.74, 6) is 0.777. The highest BCUT2D eigenvalue weighted by Crippen LogP contribution is 2.33.